The van der Waals surface area contributed by atoms with Crippen LogP contribution in [0.1, 0.15) is 27.7 Å². The van der Waals surface area contributed by atoms with Crippen LogP contribution >= 0.6 is 11.3 Å². The van der Waals surface area contributed by atoms with E-state index in [1.54, 1.807) is 11.3 Å². The van der Waals surface area contributed by atoms with Gasteiger partial charge >= 0.3 is 0 Å². The minimum absolute atomic E-state index is 0.813. The van der Waals surface area contributed by atoms with Crippen molar-refractivity contribution in [2.45, 2.75) is 20.3 Å². The van der Waals surface area contributed by atoms with Crippen molar-refractivity contribution in [3.63, 3.8) is 0 Å². The number of aldehydes is 1. The molecule has 14 heavy (non-hydrogen) atoms. The largest absolute Gasteiger partial charge is 0.297 e. The number of hydrogen-bond donors (Lipinski definition) is 0. The van der Waals surface area contributed by atoms with E-state index in [9.17, 15) is 4.79 Å². The summed E-state index contributed by atoms with van der Waals surface area (Å²) in [5.74, 6) is 0. The van der Waals surface area contributed by atoms with Crippen molar-refractivity contribution in [2.75, 3.05) is 0 Å². The van der Waals surface area contributed by atoms with E-state index in [0.29, 0.717) is 0 Å². The highest BCUT2D eigenvalue weighted by molar-refractivity contribution is 7.20. The molecule has 0 N–H and O–H groups in total. The molecule has 0 saturated heterocycles. The molecule has 0 saturated carbocycles. The first-order chi connectivity index (χ1) is 6.74. The van der Waals surface area contributed by atoms with Crippen LogP contribution in [-0.4, -0.2) is 6.29 Å². The summed E-state index contributed by atoms with van der Waals surface area (Å²) in [5, 5.41) is 1.19. The summed E-state index contributed by atoms with van der Waals surface area (Å²) < 4.78 is 1.21. The highest BCUT2D eigenvalue weighted by atomic mass is 32.1. The zero-order valence-corrected chi connectivity index (χ0v) is 9.15. The summed E-state index contributed by atoms with van der Waals surface area (Å²) in [5.41, 5.74) is 2.69. The molecule has 2 aromatic rings. The van der Waals surface area contributed by atoms with Crippen LogP contribution in [0.3, 0.4) is 0 Å². The quantitative estimate of drug-likeness (QED) is 0.683. The van der Waals surface area contributed by atoms with Crippen LogP contribution in [0, 0.1) is 6.92 Å². The molecule has 2 rings (SSSR count). The van der Waals surface area contributed by atoms with E-state index in [4.69, 9.17) is 0 Å². The molecule has 72 valence electrons. The molecule has 0 aliphatic rings. The molecule has 0 unspecified atom stereocenters. The molecule has 1 aromatic carbocycles. The van der Waals surface area contributed by atoms with Gasteiger partial charge in [0.05, 0.1) is 4.88 Å². The first-order valence-corrected chi connectivity index (χ1v) is 5.54. The van der Waals surface area contributed by atoms with Crippen molar-refractivity contribution < 1.29 is 4.79 Å². The van der Waals surface area contributed by atoms with E-state index < -0.39 is 0 Å². The van der Waals surface area contributed by atoms with Crippen LogP contribution in [0.25, 0.3) is 10.1 Å². The zero-order valence-electron chi connectivity index (χ0n) is 8.33. The Bertz CT molecular complexity index is 482. The lowest BCUT2D eigenvalue weighted by atomic mass is 10.0. The Balaban J connectivity index is 2.69. The fourth-order valence-electron chi connectivity index (χ4n) is 1.70. The third-order valence-electron chi connectivity index (χ3n) is 2.49. The van der Waals surface area contributed by atoms with Gasteiger partial charge in [-0.3, -0.25) is 4.79 Å². The fourth-order valence-corrected chi connectivity index (χ4v) is 2.65. The van der Waals surface area contributed by atoms with E-state index in [1.165, 1.54) is 21.2 Å². The lowest BCUT2D eigenvalue weighted by molar-refractivity contribution is 0.112. The molecule has 1 nitrogen and oxygen atoms in total. The molecule has 0 spiro atoms. The maximum absolute atomic E-state index is 10.6. The Hall–Kier alpha value is -1.15. The van der Waals surface area contributed by atoms with Crippen molar-refractivity contribution in [1.29, 1.82) is 0 Å². The predicted octanol–water partition coefficient (Wildman–Crippen LogP) is 3.58. The normalized spacial score (nSPS) is 10.7. The molecule has 0 amide bonds. The van der Waals surface area contributed by atoms with Crippen molar-refractivity contribution in [3.05, 3.63) is 34.2 Å². The van der Waals surface area contributed by atoms with Crippen LogP contribution in [0.4, 0.5) is 0 Å². The Labute approximate surface area is 87.4 Å². The van der Waals surface area contributed by atoms with E-state index in [2.05, 4.69) is 26.0 Å². The van der Waals surface area contributed by atoms with Crippen molar-refractivity contribution in [1.82, 2.24) is 0 Å². The van der Waals surface area contributed by atoms with Gasteiger partial charge in [0, 0.05) is 4.70 Å². The van der Waals surface area contributed by atoms with Gasteiger partial charge in [-0.2, -0.15) is 0 Å². The first-order valence-electron chi connectivity index (χ1n) is 4.73. The van der Waals surface area contributed by atoms with Crippen LogP contribution in [0.15, 0.2) is 18.2 Å². The van der Waals surface area contributed by atoms with Gasteiger partial charge in [-0.1, -0.05) is 13.0 Å². The monoisotopic (exact) mass is 204 g/mol. The number of benzene rings is 1. The second-order valence-corrected chi connectivity index (χ2v) is 4.55. The van der Waals surface area contributed by atoms with Gasteiger partial charge < -0.3 is 0 Å². The second-order valence-electron chi connectivity index (χ2n) is 3.44. The standard InChI is InChI=1S/C12H12OS/c1-3-9-5-10-6-11(7-13)14-12(10)4-8(9)2/h4-7H,3H2,1-2H3. The Morgan fingerprint density at radius 1 is 1.36 bits per heavy atom. The smallest absolute Gasteiger partial charge is 0.160 e. The summed E-state index contributed by atoms with van der Waals surface area (Å²) in [4.78, 5) is 11.4. The summed E-state index contributed by atoms with van der Waals surface area (Å²) in [7, 11) is 0. The van der Waals surface area contributed by atoms with Gasteiger partial charge in [-0.25, -0.2) is 0 Å². The molecule has 2 heteroatoms. The highest BCUT2D eigenvalue weighted by Gasteiger charge is 2.03. The highest BCUT2D eigenvalue weighted by Crippen LogP contribution is 2.27. The number of carbonyl (C=O) groups is 1. The molecule has 0 bridgehead atoms. The molecular formula is C12H12OS. The van der Waals surface area contributed by atoms with E-state index in [0.717, 1.165) is 17.6 Å². The van der Waals surface area contributed by atoms with Gasteiger partial charge in [0.15, 0.2) is 6.29 Å². The zero-order chi connectivity index (χ0) is 10.1. The SMILES string of the molecule is CCc1cc2cc(C=O)sc2cc1C. The van der Waals surface area contributed by atoms with Gasteiger partial charge in [-0.15, -0.1) is 11.3 Å². The molecule has 0 radical (unpaired) electrons. The van der Waals surface area contributed by atoms with E-state index >= 15 is 0 Å². The molecule has 0 aliphatic carbocycles. The lowest BCUT2D eigenvalue weighted by Crippen LogP contribution is -1.84. The molecule has 0 fully saturated rings. The van der Waals surface area contributed by atoms with Gasteiger partial charge in [-0.05, 0) is 42.0 Å². The minimum atomic E-state index is 0.813. The third kappa shape index (κ3) is 1.46. The number of fused-ring (bicyclic) bond motifs is 1. The van der Waals surface area contributed by atoms with Gasteiger partial charge in [0.2, 0.25) is 0 Å². The number of rotatable bonds is 2. The third-order valence-corrected chi connectivity index (χ3v) is 3.51. The number of hydrogen-bond acceptors (Lipinski definition) is 2. The maximum atomic E-state index is 10.6. The summed E-state index contributed by atoms with van der Waals surface area (Å²) in [6.07, 6.45) is 1.97. The molecule has 1 aromatic heterocycles. The van der Waals surface area contributed by atoms with Crippen LogP contribution in [-0.2, 0) is 6.42 Å². The lowest BCUT2D eigenvalue weighted by Gasteiger charge is -2.01. The topological polar surface area (TPSA) is 17.1 Å². The number of thiophene rings is 1. The molecular weight excluding hydrogens is 192 g/mol. The van der Waals surface area contributed by atoms with Crippen LogP contribution < -0.4 is 0 Å². The Morgan fingerprint density at radius 2 is 2.14 bits per heavy atom. The average molecular weight is 204 g/mol. The van der Waals surface area contributed by atoms with E-state index in [-0.39, 0.29) is 0 Å². The summed E-state index contributed by atoms with van der Waals surface area (Å²) >= 11 is 1.56. The molecule has 0 atom stereocenters. The van der Waals surface area contributed by atoms with Gasteiger partial charge in [0.25, 0.3) is 0 Å². The number of aryl methyl sites for hydroxylation is 2. The van der Waals surface area contributed by atoms with Crippen molar-refractivity contribution >= 4 is 27.7 Å². The minimum Gasteiger partial charge on any atom is -0.297 e. The predicted molar refractivity (Wildman–Crippen MR) is 61.3 cm³/mol. The number of carbonyl (C=O) groups excluding carboxylic acids is 1. The Kier molecular flexibility index (Phi) is 2.38. The molecule has 0 aliphatic heterocycles. The first kappa shape index (κ1) is 9.41. The van der Waals surface area contributed by atoms with Gasteiger partial charge in [0.1, 0.15) is 0 Å². The summed E-state index contributed by atoms with van der Waals surface area (Å²) in [6, 6.07) is 6.32. The molecule has 1 heterocycles. The Morgan fingerprint density at radius 3 is 2.79 bits per heavy atom. The maximum Gasteiger partial charge on any atom is 0.160 e. The second kappa shape index (κ2) is 3.54. The van der Waals surface area contributed by atoms with Crippen LogP contribution in [0.2, 0.25) is 0 Å². The van der Waals surface area contributed by atoms with Crippen LogP contribution in [0.5, 0.6) is 0 Å². The average Bonchev–Trinajstić information content (AvgIpc) is 2.58. The van der Waals surface area contributed by atoms with Crippen molar-refractivity contribution in [3.8, 4) is 0 Å². The fraction of sp³-hybridized carbons (Fsp3) is 0.250. The summed E-state index contributed by atoms with van der Waals surface area (Å²) in [6.45, 7) is 4.28. The van der Waals surface area contributed by atoms with E-state index in [1.807, 2.05) is 6.07 Å². The van der Waals surface area contributed by atoms with Crippen molar-refractivity contribution in [2.24, 2.45) is 0 Å².